The minimum atomic E-state index is -1.13. The smallest absolute Gasteiger partial charge is 0.341 e. The summed E-state index contributed by atoms with van der Waals surface area (Å²) < 4.78 is 6.62. The fraction of sp³-hybridized carbons (Fsp3) is 0.0625. The Hall–Kier alpha value is -3.15. The van der Waals surface area contributed by atoms with Gasteiger partial charge in [-0.3, -0.25) is 9.20 Å². The number of carbonyl (C=O) groups is 1. The number of hydrogen-bond acceptors (Lipinski definition) is 4. The van der Waals surface area contributed by atoms with Gasteiger partial charge in [0.2, 0.25) is 5.88 Å². The zero-order valence-corrected chi connectivity index (χ0v) is 11.5. The van der Waals surface area contributed by atoms with E-state index in [-0.39, 0.29) is 17.0 Å². The molecule has 6 heteroatoms. The zero-order chi connectivity index (χ0) is 15.5. The van der Waals surface area contributed by atoms with Gasteiger partial charge in [0.15, 0.2) is 6.61 Å². The highest BCUT2D eigenvalue weighted by molar-refractivity contribution is 5.71. The van der Waals surface area contributed by atoms with Crippen LogP contribution in [0.3, 0.4) is 0 Å². The molecule has 0 aliphatic rings. The molecule has 6 nitrogen and oxygen atoms in total. The van der Waals surface area contributed by atoms with Crippen molar-refractivity contribution in [1.29, 1.82) is 0 Å². The first-order valence-electron chi connectivity index (χ1n) is 6.58. The van der Waals surface area contributed by atoms with Crippen molar-refractivity contribution in [1.82, 2.24) is 9.38 Å². The number of carboxylic acids is 1. The topological polar surface area (TPSA) is 80.9 Å². The number of pyridine rings is 1. The van der Waals surface area contributed by atoms with Crippen LogP contribution in [0.4, 0.5) is 0 Å². The summed E-state index contributed by atoms with van der Waals surface area (Å²) in [5.41, 5.74) is 0.953. The summed E-state index contributed by atoms with van der Waals surface area (Å²) in [4.78, 5) is 27.7. The summed E-state index contributed by atoms with van der Waals surface area (Å²) in [6.07, 6.45) is 1.61. The quantitative estimate of drug-likeness (QED) is 0.794. The molecule has 0 saturated heterocycles. The van der Waals surface area contributed by atoms with E-state index in [9.17, 15) is 9.59 Å². The van der Waals surface area contributed by atoms with Crippen molar-refractivity contribution in [2.24, 2.45) is 0 Å². The van der Waals surface area contributed by atoms with Crippen LogP contribution >= 0.6 is 0 Å². The summed E-state index contributed by atoms with van der Waals surface area (Å²) in [5.74, 6) is -1.11. The van der Waals surface area contributed by atoms with Gasteiger partial charge < -0.3 is 9.84 Å². The van der Waals surface area contributed by atoms with E-state index in [2.05, 4.69) is 4.98 Å². The molecule has 0 radical (unpaired) electrons. The maximum atomic E-state index is 12.7. The van der Waals surface area contributed by atoms with Gasteiger partial charge in [0.05, 0.1) is 0 Å². The maximum Gasteiger partial charge on any atom is 0.341 e. The Labute approximate surface area is 125 Å². The lowest BCUT2D eigenvalue weighted by atomic mass is 10.1. The number of nitrogens with zero attached hydrogens (tertiary/aromatic N) is 2. The van der Waals surface area contributed by atoms with Gasteiger partial charge in [-0.1, -0.05) is 36.4 Å². The first-order chi connectivity index (χ1) is 10.7. The number of benzene rings is 1. The first kappa shape index (κ1) is 13.8. The van der Waals surface area contributed by atoms with E-state index >= 15 is 0 Å². The van der Waals surface area contributed by atoms with Gasteiger partial charge >= 0.3 is 5.97 Å². The number of aliphatic carboxylic acids is 1. The predicted molar refractivity (Wildman–Crippen MR) is 80.0 cm³/mol. The van der Waals surface area contributed by atoms with Gasteiger partial charge in [0.25, 0.3) is 5.56 Å². The highest BCUT2D eigenvalue weighted by Gasteiger charge is 2.16. The molecule has 3 rings (SSSR count). The molecule has 0 aliphatic carbocycles. The fourth-order valence-electron chi connectivity index (χ4n) is 2.16. The molecule has 2 aromatic heterocycles. The number of carboxylic acid groups (broad SMARTS) is 1. The van der Waals surface area contributed by atoms with Crippen LogP contribution in [0.5, 0.6) is 5.88 Å². The Morgan fingerprint density at radius 2 is 1.86 bits per heavy atom. The fourth-order valence-corrected chi connectivity index (χ4v) is 2.16. The SMILES string of the molecule is O=C(O)COc1nc2ccccn2c(=O)c1-c1ccccc1. The summed E-state index contributed by atoms with van der Waals surface area (Å²) in [7, 11) is 0. The van der Waals surface area contributed by atoms with E-state index < -0.39 is 12.6 Å². The molecule has 110 valence electrons. The zero-order valence-electron chi connectivity index (χ0n) is 11.5. The van der Waals surface area contributed by atoms with Crippen molar-refractivity contribution in [3.05, 3.63) is 65.1 Å². The number of aromatic nitrogens is 2. The van der Waals surface area contributed by atoms with Crippen LogP contribution in [0.25, 0.3) is 16.8 Å². The molecule has 3 aromatic rings. The van der Waals surface area contributed by atoms with E-state index in [1.165, 1.54) is 4.40 Å². The van der Waals surface area contributed by atoms with Gasteiger partial charge in [-0.25, -0.2) is 4.79 Å². The largest absolute Gasteiger partial charge is 0.479 e. The minimum absolute atomic E-state index is 0.0183. The molecular weight excluding hydrogens is 284 g/mol. The van der Waals surface area contributed by atoms with Gasteiger partial charge in [0.1, 0.15) is 11.2 Å². The number of hydrogen-bond donors (Lipinski definition) is 1. The van der Waals surface area contributed by atoms with Gasteiger partial charge in [-0.15, -0.1) is 0 Å². The highest BCUT2D eigenvalue weighted by Crippen LogP contribution is 2.25. The first-order valence-corrected chi connectivity index (χ1v) is 6.58. The molecule has 1 aromatic carbocycles. The third-order valence-electron chi connectivity index (χ3n) is 3.10. The summed E-state index contributed by atoms with van der Waals surface area (Å²) >= 11 is 0. The third kappa shape index (κ3) is 2.54. The monoisotopic (exact) mass is 296 g/mol. The second-order valence-electron chi connectivity index (χ2n) is 4.57. The lowest BCUT2D eigenvalue weighted by Gasteiger charge is -2.10. The molecule has 0 aliphatic heterocycles. The van der Waals surface area contributed by atoms with E-state index in [0.29, 0.717) is 11.2 Å². The molecular formula is C16H12N2O4. The molecule has 0 fully saturated rings. The Morgan fingerprint density at radius 3 is 2.59 bits per heavy atom. The van der Waals surface area contributed by atoms with Crippen LogP contribution in [0.1, 0.15) is 0 Å². The standard InChI is InChI=1S/C16H12N2O4/c19-13(20)10-22-15-14(11-6-2-1-3-7-11)16(21)18-9-5-4-8-12(18)17-15/h1-9H,10H2,(H,19,20). The predicted octanol–water partition coefficient (Wildman–Crippen LogP) is 1.82. The van der Waals surface area contributed by atoms with Crippen molar-refractivity contribution in [3.63, 3.8) is 0 Å². The molecule has 0 spiro atoms. The van der Waals surface area contributed by atoms with Gasteiger partial charge in [-0.2, -0.15) is 4.98 Å². The van der Waals surface area contributed by atoms with E-state index in [1.54, 1.807) is 48.7 Å². The molecule has 0 saturated carbocycles. The van der Waals surface area contributed by atoms with Crippen LogP contribution in [0.15, 0.2) is 59.5 Å². The van der Waals surface area contributed by atoms with E-state index in [1.807, 2.05) is 6.07 Å². The highest BCUT2D eigenvalue weighted by atomic mass is 16.5. The van der Waals surface area contributed by atoms with E-state index in [0.717, 1.165) is 0 Å². The molecule has 22 heavy (non-hydrogen) atoms. The van der Waals surface area contributed by atoms with Crippen molar-refractivity contribution in [2.75, 3.05) is 6.61 Å². The average molecular weight is 296 g/mol. The lowest BCUT2D eigenvalue weighted by Crippen LogP contribution is -2.20. The average Bonchev–Trinajstić information content (AvgIpc) is 2.54. The van der Waals surface area contributed by atoms with Crippen LogP contribution in [0, 0.1) is 0 Å². The Kier molecular flexibility index (Phi) is 3.57. The second-order valence-corrected chi connectivity index (χ2v) is 4.57. The van der Waals surface area contributed by atoms with Crippen molar-refractivity contribution in [3.8, 4) is 17.0 Å². The van der Waals surface area contributed by atoms with Crippen molar-refractivity contribution < 1.29 is 14.6 Å². The lowest BCUT2D eigenvalue weighted by molar-refractivity contribution is -0.139. The van der Waals surface area contributed by atoms with Crippen molar-refractivity contribution in [2.45, 2.75) is 0 Å². The van der Waals surface area contributed by atoms with Crippen LogP contribution in [0.2, 0.25) is 0 Å². The third-order valence-corrected chi connectivity index (χ3v) is 3.10. The molecule has 0 unspecified atom stereocenters. The molecule has 1 N–H and O–H groups in total. The molecule has 0 amide bonds. The number of fused-ring (bicyclic) bond motifs is 1. The molecule has 0 atom stereocenters. The Morgan fingerprint density at radius 1 is 1.14 bits per heavy atom. The van der Waals surface area contributed by atoms with Crippen molar-refractivity contribution >= 4 is 11.6 Å². The Bertz CT molecular complexity index is 888. The van der Waals surface area contributed by atoms with Gasteiger partial charge in [0, 0.05) is 6.20 Å². The Balaban J connectivity index is 2.26. The minimum Gasteiger partial charge on any atom is -0.479 e. The second kappa shape index (κ2) is 5.69. The number of rotatable bonds is 4. The maximum absolute atomic E-state index is 12.7. The normalized spacial score (nSPS) is 10.5. The summed E-state index contributed by atoms with van der Waals surface area (Å²) in [6, 6.07) is 14.0. The summed E-state index contributed by atoms with van der Waals surface area (Å²) in [6.45, 7) is -0.560. The summed E-state index contributed by atoms with van der Waals surface area (Å²) in [5, 5.41) is 8.78. The van der Waals surface area contributed by atoms with Crippen LogP contribution in [-0.4, -0.2) is 27.1 Å². The number of ether oxygens (including phenoxy) is 1. The van der Waals surface area contributed by atoms with Crippen LogP contribution in [-0.2, 0) is 4.79 Å². The molecule has 0 bridgehead atoms. The van der Waals surface area contributed by atoms with Crippen LogP contribution < -0.4 is 10.3 Å². The van der Waals surface area contributed by atoms with Gasteiger partial charge in [-0.05, 0) is 17.7 Å². The van der Waals surface area contributed by atoms with E-state index in [4.69, 9.17) is 9.84 Å². The molecule has 2 heterocycles.